The SMILES string of the molecule is CCCCn1nc(-c2ccc(Cl)cc2)cc(CO)c1=O. The highest BCUT2D eigenvalue weighted by molar-refractivity contribution is 6.30. The van der Waals surface area contributed by atoms with Gasteiger partial charge in [0.05, 0.1) is 12.3 Å². The van der Waals surface area contributed by atoms with E-state index in [9.17, 15) is 9.90 Å². The van der Waals surface area contributed by atoms with Gasteiger partial charge in [-0.3, -0.25) is 4.79 Å². The molecule has 0 aliphatic rings. The van der Waals surface area contributed by atoms with E-state index in [0.29, 0.717) is 22.8 Å². The van der Waals surface area contributed by atoms with Crippen LogP contribution in [0, 0.1) is 0 Å². The topological polar surface area (TPSA) is 55.1 Å². The largest absolute Gasteiger partial charge is 0.391 e. The molecule has 0 saturated heterocycles. The number of aliphatic hydroxyl groups is 1. The minimum atomic E-state index is -0.284. The molecule has 4 nitrogen and oxygen atoms in total. The summed E-state index contributed by atoms with van der Waals surface area (Å²) in [6, 6.07) is 8.88. The zero-order valence-electron chi connectivity index (χ0n) is 11.3. The van der Waals surface area contributed by atoms with Gasteiger partial charge in [-0.25, -0.2) is 4.68 Å². The van der Waals surface area contributed by atoms with E-state index in [2.05, 4.69) is 12.0 Å². The van der Waals surface area contributed by atoms with Crippen molar-refractivity contribution in [3.8, 4) is 11.3 Å². The molecule has 0 aliphatic heterocycles. The smallest absolute Gasteiger partial charge is 0.272 e. The molecule has 20 heavy (non-hydrogen) atoms. The predicted octanol–water partition coefficient (Wildman–Crippen LogP) is 2.86. The van der Waals surface area contributed by atoms with Crippen molar-refractivity contribution >= 4 is 11.6 Å². The van der Waals surface area contributed by atoms with Crippen LogP contribution in [0.4, 0.5) is 0 Å². The Bertz CT molecular complexity index is 635. The van der Waals surface area contributed by atoms with Gasteiger partial charge in [0.1, 0.15) is 0 Å². The van der Waals surface area contributed by atoms with Crippen molar-refractivity contribution in [2.24, 2.45) is 0 Å². The third kappa shape index (κ3) is 3.26. The molecular weight excluding hydrogens is 276 g/mol. The first-order valence-electron chi connectivity index (χ1n) is 6.63. The van der Waals surface area contributed by atoms with Gasteiger partial charge >= 0.3 is 0 Å². The number of rotatable bonds is 5. The van der Waals surface area contributed by atoms with Crippen molar-refractivity contribution in [3.63, 3.8) is 0 Å². The van der Waals surface area contributed by atoms with E-state index in [-0.39, 0.29) is 12.2 Å². The summed E-state index contributed by atoms with van der Waals surface area (Å²) >= 11 is 5.87. The number of hydrogen-bond acceptors (Lipinski definition) is 3. The maximum atomic E-state index is 12.1. The second kappa shape index (κ2) is 6.68. The summed E-state index contributed by atoms with van der Waals surface area (Å²) in [4.78, 5) is 12.1. The van der Waals surface area contributed by atoms with Crippen LogP contribution in [0.15, 0.2) is 35.1 Å². The number of benzene rings is 1. The molecule has 0 fully saturated rings. The summed E-state index contributed by atoms with van der Waals surface area (Å²) in [6.45, 7) is 2.33. The fraction of sp³-hybridized carbons (Fsp3) is 0.333. The highest BCUT2D eigenvalue weighted by Gasteiger charge is 2.09. The van der Waals surface area contributed by atoms with Crippen molar-refractivity contribution in [2.45, 2.75) is 32.9 Å². The molecule has 5 heteroatoms. The van der Waals surface area contributed by atoms with Crippen LogP contribution >= 0.6 is 11.6 Å². The number of halogens is 1. The average Bonchev–Trinajstić information content (AvgIpc) is 2.47. The van der Waals surface area contributed by atoms with E-state index in [1.165, 1.54) is 4.68 Å². The van der Waals surface area contributed by atoms with Gasteiger partial charge in [-0.1, -0.05) is 37.1 Å². The van der Waals surface area contributed by atoms with Crippen LogP contribution in [0.1, 0.15) is 25.3 Å². The van der Waals surface area contributed by atoms with Crippen LogP contribution in [0.5, 0.6) is 0 Å². The van der Waals surface area contributed by atoms with Crippen molar-refractivity contribution in [1.82, 2.24) is 9.78 Å². The molecule has 0 bridgehead atoms. The van der Waals surface area contributed by atoms with E-state index in [1.54, 1.807) is 18.2 Å². The van der Waals surface area contributed by atoms with E-state index in [4.69, 9.17) is 11.6 Å². The van der Waals surface area contributed by atoms with Gasteiger partial charge in [0.15, 0.2) is 0 Å². The Morgan fingerprint density at radius 3 is 2.60 bits per heavy atom. The highest BCUT2D eigenvalue weighted by Crippen LogP contribution is 2.19. The number of aryl methyl sites for hydroxylation is 1. The molecule has 1 heterocycles. The summed E-state index contributed by atoms with van der Waals surface area (Å²) in [5, 5.41) is 14.3. The molecule has 106 valence electrons. The van der Waals surface area contributed by atoms with Crippen molar-refractivity contribution in [1.29, 1.82) is 0 Å². The summed E-state index contributed by atoms with van der Waals surface area (Å²) in [7, 11) is 0. The molecule has 1 aromatic heterocycles. The number of aromatic nitrogens is 2. The Morgan fingerprint density at radius 2 is 2.00 bits per heavy atom. The zero-order valence-corrected chi connectivity index (χ0v) is 12.1. The lowest BCUT2D eigenvalue weighted by molar-refractivity contribution is 0.278. The normalized spacial score (nSPS) is 10.8. The first-order chi connectivity index (χ1) is 9.65. The lowest BCUT2D eigenvalue weighted by Crippen LogP contribution is -2.26. The zero-order chi connectivity index (χ0) is 14.5. The van der Waals surface area contributed by atoms with Crippen LogP contribution in [-0.4, -0.2) is 14.9 Å². The minimum absolute atomic E-state index is 0.223. The Morgan fingerprint density at radius 1 is 1.30 bits per heavy atom. The Labute approximate surface area is 122 Å². The Balaban J connectivity index is 2.47. The molecule has 0 amide bonds. The standard InChI is InChI=1S/C15H17ClN2O2/c1-2-3-8-18-15(20)12(10-19)9-14(17-18)11-4-6-13(16)7-5-11/h4-7,9,19H,2-3,8,10H2,1H3. The molecule has 2 aromatic rings. The van der Waals surface area contributed by atoms with E-state index in [1.807, 2.05) is 12.1 Å². The van der Waals surface area contributed by atoms with Crippen molar-refractivity contribution in [3.05, 3.63) is 51.3 Å². The minimum Gasteiger partial charge on any atom is -0.391 e. The monoisotopic (exact) mass is 292 g/mol. The second-order valence-electron chi connectivity index (χ2n) is 4.60. The van der Waals surface area contributed by atoms with Crippen molar-refractivity contribution in [2.75, 3.05) is 0 Å². The summed E-state index contributed by atoms with van der Waals surface area (Å²) in [5.74, 6) is 0. The number of nitrogens with zero attached hydrogens (tertiary/aromatic N) is 2. The van der Waals surface area contributed by atoms with Gasteiger partial charge in [-0.15, -0.1) is 0 Å². The molecule has 0 saturated carbocycles. The maximum absolute atomic E-state index is 12.1. The lowest BCUT2D eigenvalue weighted by Gasteiger charge is -2.09. The van der Waals surface area contributed by atoms with Gasteiger partial charge in [-0.2, -0.15) is 5.10 Å². The molecule has 0 spiro atoms. The summed E-state index contributed by atoms with van der Waals surface area (Å²) < 4.78 is 1.43. The number of hydrogen-bond donors (Lipinski definition) is 1. The molecule has 0 atom stereocenters. The highest BCUT2D eigenvalue weighted by atomic mass is 35.5. The molecule has 1 N–H and O–H groups in total. The van der Waals surface area contributed by atoms with Gasteiger partial charge in [0.2, 0.25) is 0 Å². The van der Waals surface area contributed by atoms with Crippen LogP contribution in [0.25, 0.3) is 11.3 Å². The third-order valence-electron chi connectivity index (χ3n) is 3.08. The third-order valence-corrected chi connectivity index (χ3v) is 3.33. The summed E-state index contributed by atoms with van der Waals surface area (Å²) in [6.07, 6.45) is 1.86. The van der Waals surface area contributed by atoms with Crippen LogP contribution in [-0.2, 0) is 13.2 Å². The Hall–Kier alpha value is -1.65. The van der Waals surface area contributed by atoms with Gasteiger partial charge in [-0.05, 0) is 24.6 Å². The van der Waals surface area contributed by atoms with Crippen LogP contribution in [0.2, 0.25) is 5.02 Å². The molecule has 1 aromatic carbocycles. The van der Waals surface area contributed by atoms with Gasteiger partial charge in [0, 0.05) is 22.7 Å². The molecular formula is C15H17ClN2O2. The summed E-state index contributed by atoms with van der Waals surface area (Å²) in [5.41, 5.74) is 1.68. The second-order valence-corrected chi connectivity index (χ2v) is 5.04. The van der Waals surface area contributed by atoms with E-state index >= 15 is 0 Å². The molecule has 0 radical (unpaired) electrons. The molecule has 0 aliphatic carbocycles. The fourth-order valence-corrected chi connectivity index (χ4v) is 2.06. The fourth-order valence-electron chi connectivity index (χ4n) is 1.93. The number of aliphatic hydroxyl groups excluding tert-OH is 1. The lowest BCUT2D eigenvalue weighted by atomic mass is 10.1. The molecule has 2 rings (SSSR count). The molecule has 0 unspecified atom stereocenters. The van der Waals surface area contributed by atoms with Gasteiger partial charge < -0.3 is 5.11 Å². The van der Waals surface area contributed by atoms with Crippen LogP contribution < -0.4 is 5.56 Å². The van der Waals surface area contributed by atoms with Crippen molar-refractivity contribution < 1.29 is 5.11 Å². The first kappa shape index (κ1) is 14.8. The van der Waals surface area contributed by atoms with E-state index < -0.39 is 0 Å². The maximum Gasteiger partial charge on any atom is 0.272 e. The number of unbranched alkanes of at least 4 members (excludes halogenated alkanes) is 1. The predicted molar refractivity (Wildman–Crippen MR) is 79.8 cm³/mol. The van der Waals surface area contributed by atoms with E-state index in [0.717, 1.165) is 18.4 Å². The quantitative estimate of drug-likeness (QED) is 0.922. The van der Waals surface area contributed by atoms with Crippen LogP contribution in [0.3, 0.4) is 0 Å². The first-order valence-corrected chi connectivity index (χ1v) is 7.01. The average molecular weight is 293 g/mol. The Kier molecular flexibility index (Phi) is 4.93. The van der Waals surface area contributed by atoms with Gasteiger partial charge in [0.25, 0.3) is 5.56 Å².